The van der Waals surface area contributed by atoms with Crippen LogP contribution in [-0.4, -0.2) is 21.2 Å². The Kier molecular flexibility index (Phi) is 3.43. The summed E-state index contributed by atoms with van der Waals surface area (Å²) in [6.45, 7) is 6.12. The lowest BCUT2D eigenvalue weighted by molar-refractivity contribution is 0.255. The summed E-state index contributed by atoms with van der Waals surface area (Å²) in [7, 11) is 0. The summed E-state index contributed by atoms with van der Waals surface area (Å²) in [6.07, 6.45) is 4.82. The lowest BCUT2D eigenvalue weighted by atomic mass is 9.97. The molecule has 0 unspecified atom stereocenters. The molecule has 0 saturated heterocycles. The fraction of sp³-hybridized carbons (Fsp3) is 0.444. The summed E-state index contributed by atoms with van der Waals surface area (Å²) >= 11 is 0. The molecule has 0 spiro atoms. The molecule has 1 heterocycles. The van der Waals surface area contributed by atoms with Crippen molar-refractivity contribution < 1.29 is 4.79 Å². The van der Waals surface area contributed by atoms with Gasteiger partial charge in [-0.2, -0.15) is 10.1 Å². The summed E-state index contributed by atoms with van der Waals surface area (Å²) < 4.78 is 0. The Labute approximate surface area is 88.2 Å². The molecule has 82 valence electrons. The van der Waals surface area contributed by atoms with Crippen molar-refractivity contribution in [2.45, 2.75) is 20.8 Å². The van der Waals surface area contributed by atoms with E-state index in [0.29, 0.717) is 5.95 Å². The van der Waals surface area contributed by atoms with Gasteiger partial charge in [0, 0.05) is 6.20 Å². The van der Waals surface area contributed by atoms with Crippen LogP contribution < -0.4 is 10.6 Å². The van der Waals surface area contributed by atoms with E-state index < -0.39 is 0 Å². The first-order valence-corrected chi connectivity index (χ1v) is 4.58. The van der Waals surface area contributed by atoms with Crippen LogP contribution in [0.2, 0.25) is 0 Å². The van der Waals surface area contributed by atoms with Crippen molar-refractivity contribution in [3.05, 3.63) is 18.6 Å². The van der Waals surface area contributed by atoms with Crippen molar-refractivity contribution in [1.29, 1.82) is 0 Å². The normalized spacial score (nSPS) is 11.7. The van der Waals surface area contributed by atoms with Gasteiger partial charge in [0.15, 0.2) is 0 Å². The molecule has 0 aliphatic heterocycles. The highest BCUT2D eigenvalue weighted by Crippen LogP contribution is 2.13. The van der Waals surface area contributed by atoms with Crippen LogP contribution >= 0.6 is 0 Å². The zero-order valence-electron chi connectivity index (χ0n) is 9.03. The van der Waals surface area contributed by atoms with Crippen molar-refractivity contribution in [1.82, 2.24) is 20.5 Å². The molecular formula is C9H15N5O. The fourth-order valence-electron chi connectivity index (χ4n) is 0.777. The maximum Gasteiger partial charge on any atom is 0.325 e. The lowest BCUT2D eigenvalue weighted by Gasteiger charge is -2.10. The molecule has 0 bridgehead atoms. The standard InChI is InChI=1S/C9H15N5O/c1-9(2,3)4-5-10-8(15)13-7-11-6-12-14-7/h4-6H,1-3H3,(H3,10,11,12,13,14,15)/b5-4+. The zero-order valence-corrected chi connectivity index (χ0v) is 9.03. The molecule has 0 atom stereocenters. The van der Waals surface area contributed by atoms with E-state index in [1.807, 2.05) is 26.8 Å². The van der Waals surface area contributed by atoms with E-state index in [1.165, 1.54) is 6.33 Å². The van der Waals surface area contributed by atoms with Crippen molar-refractivity contribution >= 4 is 12.0 Å². The fourth-order valence-corrected chi connectivity index (χ4v) is 0.777. The number of rotatable bonds is 2. The third kappa shape index (κ3) is 4.80. The molecule has 0 radical (unpaired) electrons. The van der Waals surface area contributed by atoms with E-state index in [0.717, 1.165) is 0 Å². The van der Waals surface area contributed by atoms with E-state index in [9.17, 15) is 4.79 Å². The Bertz CT molecular complexity index is 336. The SMILES string of the molecule is CC(C)(C)/C=C/NC(=O)Nc1ncn[nH]1. The number of aromatic amines is 1. The molecule has 0 saturated carbocycles. The molecule has 1 aromatic rings. The molecule has 0 aliphatic rings. The minimum Gasteiger partial charge on any atom is -0.315 e. The molecule has 1 aromatic heterocycles. The Morgan fingerprint density at radius 3 is 2.80 bits per heavy atom. The highest BCUT2D eigenvalue weighted by Gasteiger charge is 2.04. The molecule has 2 amide bonds. The van der Waals surface area contributed by atoms with Crippen LogP contribution in [0.4, 0.5) is 10.7 Å². The predicted molar refractivity (Wildman–Crippen MR) is 57.1 cm³/mol. The zero-order chi connectivity index (χ0) is 11.3. The smallest absolute Gasteiger partial charge is 0.315 e. The van der Waals surface area contributed by atoms with Gasteiger partial charge in [-0.05, 0) is 5.41 Å². The molecule has 0 aromatic carbocycles. The number of allylic oxidation sites excluding steroid dienone is 1. The van der Waals surface area contributed by atoms with E-state index in [2.05, 4.69) is 25.8 Å². The van der Waals surface area contributed by atoms with Gasteiger partial charge in [-0.25, -0.2) is 9.89 Å². The van der Waals surface area contributed by atoms with Crippen LogP contribution in [0.3, 0.4) is 0 Å². The van der Waals surface area contributed by atoms with Crippen LogP contribution in [0.25, 0.3) is 0 Å². The highest BCUT2D eigenvalue weighted by molar-refractivity contribution is 5.87. The maximum atomic E-state index is 11.2. The number of anilines is 1. The third-order valence-electron chi connectivity index (χ3n) is 1.44. The molecule has 15 heavy (non-hydrogen) atoms. The second-order valence-corrected chi connectivity index (χ2v) is 4.13. The predicted octanol–water partition coefficient (Wildman–Crippen LogP) is 1.49. The maximum absolute atomic E-state index is 11.2. The number of aromatic nitrogens is 3. The molecule has 3 N–H and O–H groups in total. The summed E-state index contributed by atoms with van der Waals surface area (Å²) in [6, 6.07) is -0.354. The first kappa shape index (κ1) is 11.2. The second kappa shape index (κ2) is 4.59. The van der Waals surface area contributed by atoms with Gasteiger partial charge in [0.25, 0.3) is 0 Å². The van der Waals surface area contributed by atoms with Gasteiger partial charge in [0.2, 0.25) is 5.95 Å². The van der Waals surface area contributed by atoms with Gasteiger partial charge < -0.3 is 5.32 Å². The average Bonchev–Trinajstić information content (AvgIpc) is 2.54. The lowest BCUT2D eigenvalue weighted by Crippen LogP contribution is -2.24. The molecule has 6 nitrogen and oxygen atoms in total. The van der Waals surface area contributed by atoms with Gasteiger partial charge in [-0.1, -0.05) is 26.8 Å². The quantitative estimate of drug-likeness (QED) is 0.690. The molecular weight excluding hydrogens is 194 g/mol. The van der Waals surface area contributed by atoms with Crippen molar-refractivity contribution in [2.24, 2.45) is 5.41 Å². The van der Waals surface area contributed by atoms with Crippen LogP contribution in [0.1, 0.15) is 20.8 Å². The van der Waals surface area contributed by atoms with Crippen LogP contribution in [0.5, 0.6) is 0 Å². The third-order valence-corrected chi connectivity index (χ3v) is 1.44. The first-order chi connectivity index (χ1) is 6.97. The number of carbonyl (C=O) groups excluding carboxylic acids is 1. The summed E-state index contributed by atoms with van der Waals surface area (Å²) in [4.78, 5) is 15.0. The van der Waals surface area contributed by atoms with Crippen molar-refractivity contribution in [2.75, 3.05) is 5.32 Å². The summed E-state index contributed by atoms with van der Waals surface area (Å²) in [5.74, 6) is 0.316. The number of nitrogens with one attached hydrogen (secondary N) is 3. The van der Waals surface area contributed by atoms with Gasteiger partial charge in [0.05, 0.1) is 0 Å². The van der Waals surface area contributed by atoms with Crippen LogP contribution in [0.15, 0.2) is 18.6 Å². The van der Waals surface area contributed by atoms with Gasteiger partial charge >= 0.3 is 6.03 Å². The van der Waals surface area contributed by atoms with Crippen LogP contribution in [0, 0.1) is 5.41 Å². The van der Waals surface area contributed by atoms with Gasteiger partial charge in [0.1, 0.15) is 6.33 Å². The van der Waals surface area contributed by atoms with E-state index in [-0.39, 0.29) is 11.4 Å². The molecule has 6 heteroatoms. The van der Waals surface area contributed by atoms with Crippen molar-refractivity contribution in [3.63, 3.8) is 0 Å². The largest absolute Gasteiger partial charge is 0.325 e. The van der Waals surface area contributed by atoms with Gasteiger partial charge in [-0.15, -0.1) is 0 Å². The Morgan fingerprint density at radius 1 is 1.53 bits per heavy atom. The Balaban J connectivity index is 2.35. The molecule has 0 fully saturated rings. The Hall–Kier alpha value is -1.85. The van der Waals surface area contributed by atoms with Crippen molar-refractivity contribution in [3.8, 4) is 0 Å². The minimum absolute atomic E-state index is 0.0412. The number of urea groups is 1. The number of carbonyl (C=O) groups is 1. The summed E-state index contributed by atoms with van der Waals surface area (Å²) in [5, 5.41) is 11.2. The minimum atomic E-state index is -0.354. The molecule has 1 rings (SSSR count). The monoisotopic (exact) mass is 209 g/mol. The van der Waals surface area contributed by atoms with E-state index in [4.69, 9.17) is 0 Å². The van der Waals surface area contributed by atoms with Gasteiger partial charge in [-0.3, -0.25) is 5.32 Å². The Morgan fingerprint density at radius 2 is 2.27 bits per heavy atom. The highest BCUT2D eigenvalue weighted by atomic mass is 16.2. The first-order valence-electron chi connectivity index (χ1n) is 4.58. The number of hydrogen-bond acceptors (Lipinski definition) is 3. The number of nitrogens with zero attached hydrogens (tertiary/aromatic N) is 2. The number of H-pyrrole nitrogens is 1. The van der Waals surface area contributed by atoms with E-state index in [1.54, 1.807) is 6.20 Å². The summed E-state index contributed by atoms with van der Waals surface area (Å²) in [5.41, 5.74) is 0.0412. The number of amides is 2. The van der Waals surface area contributed by atoms with Crippen LogP contribution in [-0.2, 0) is 0 Å². The van der Waals surface area contributed by atoms with E-state index >= 15 is 0 Å². The second-order valence-electron chi connectivity index (χ2n) is 4.13. The average molecular weight is 209 g/mol. The topological polar surface area (TPSA) is 82.7 Å². The molecule has 0 aliphatic carbocycles. The number of hydrogen-bond donors (Lipinski definition) is 3.